The summed E-state index contributed by atoms with van der Waals surface area (Å²) in [6.45, 7) is 4.94. The second-order valence-electron chi connectivity index (χ2n) is 5.71. The molecule has 0 bridgehead atoms. The predicted octanol–water partition coefficient (Wildman–Crippen LogP) is 4.26. The summed E-state index contributed by atoms with van der Waals surface area (Å²) in [4.78, 5) is 12.0. The number of nitrogens with one attached hydrogen (secondary N) is 1. The van der Waals surface area contributed by atoms with Crippen molar-refractivity contribution in [2.24, 2.45) is 0 Å². The highest BCUT2D eigenvalue weighted by atomic mass is 16.6. The molecule has 0 saturated heterocycles. The van der Waals surface area contributed by atoms with E-state index < -0.39 is 12.3 Å². The van der Waals surface area contributed by atoms with Crippen LogP contribution in [-0.2, 0) is 20.8 Å². The number of rotatable bonds is 12. The Hall–Kier alpha value is -1.59. The van der Waals surface area contributed by atoms with E-state index in [-0.39, 0.29) is 12.7 Å². The van der Waals surface area contributed by atoms with Crippen LogP contribution in [-0.4, -0.2) is 32.1 Å². The Bertz CT molecular complexity index is 438. The lowest BCUT2D eigenvalue weighted by Gasteiger charge is -2.26. The van der Waals surface area contributed by atoms with Crippen molar-refractivity contribution in [3.63, 3.8) is 0 Å². The summed E-state index contributed by atoms with van der Waals surface area (Å²) in [6, 6.07) is 9.58. The van der Waals surface area contributed by atoms with Crippen LogP contribution >= 0.6 is 0 Å². The topological polar surface area (TPSA) is 56.8 Å². The van der Waals surface area contributed by atoms with Gasteiger partial charge in [-0.2, -0.15) is 0 Å². The number of benzene rings is 1. The zero-order valence-corrected chi connectivity index (χ0v) is 15.1. The Morgan fingerprint density at radius 1 is 1.12 bits per heavy atom. The molecule has 0 heterocycles. The quantitative estimate of drug-likeness (QED) is 0.457. The van der Waals surface area contributed by atoms with Gasteiger partial charge in [0.15, 0.2) is 6.23 Å². The zero-order chi connectivity index (χ0) is 17.6. The van der Waals surface area contributed by atoms with Gasteiger partial charge in [-0.15, -0.1) is 0 Å². The predicted molar refractivity (Wildman–Crippen MR) is 94.7 cm³/mol. The summed E-state index contributed by atoms with van der Waals surface area (Å²) < 4.78 is 16.4. The summed E-state index contributed by atoms with van der Waals surface area (Å²) in [5.41, 5.74) is 0.947. The smallest absolute Gasteiger partial charge is 0.409 e. The summed E-state index contributed by atoms with van der Waals surface area (Å²) in [5, 5.41) is 2.75. The summed E-state index contributed by atoms with van der Waals surface area (Å²) in [5.74, 6) is 0. The van der Waals surface area contributed by atoms with Crippen molar-refractivity contribution < 1.29 is 19.0 Å². The molecular weight excluding hydrogens is 306 g/mol. The fourth-order valence-corrected chi connectivity index (χ4v) is 2.49. The first-order valence-corrected chi connectivity index (χ1v) is 8.82. The van der Waals surface area contributed by atoms with E-state index in [1.165, 1.54) is 12.8 Å². The maximum Gasteiger partial charge on any atom is 0.409 e. The first kappa shape index (κ1) is 20.5. The fourth-order valence-electron chi connectivity index (χ4n) is 2.49. The highest BCUT2D eigenvalue weighted by Gasteiger charge is 2.23. The lowest BCUT2D eigenvalue weighted by atomic mass is 10.1. The maximum atomic E-state index is 12.0. The molecule has 0 aliphatic heterocycles. The molecule has 0 aromatic heterocycles. The molecule has 0 aliphatic rings. The van der Waals surface area contributed by atoms with E-state index in [4.69, 9.17) is 14.2 Å². The molecule has 5 nitrogen and oxygen atoms in total. The van der Waals surface area contributed by atoms with E-state index in [1.54, 1.807) is 7.11 Å². The van der Waals surface area contributed by atoms with Gasteiger partial charge in [0.1, 0.15) is 12.7 Å². The van der Waals surface area contributed by atoms with E-state index in [1.807, 2.05) is 37.3 Å². The van der Waals surface area contributed by atoms with Gasteiger partial charge < -0.3 is 14.2 Å². The fraction of sp³-hybridized carbons (Fsp3) is 0.632. The van der Waals surface area contributed by atoms with Crippen LogP contribution in [0.25, 0.3) is 0 Å². The molecule has 0 fully saturated rings. The maximum absolute atomic E-state index is 12.0. The number of hydrogen-bond donors (Lipinski definition) is 1. The number of carbonyl (C=O) groups is 1. The van der Waals surface area contributed by atoms with Gasteiger partial charge in [0.25, 0.3) is 0 Å². The van der Waals surface area contributed by atoms with Gasteiger partial charge in [0, 0.05) is 13.7 Å². The van der Waals surface area contributed by atoms with Gasteiger partial charge in [-0.1, -0.05) is 62.9 Å². The van der Waals surface area contributed by atoms with Crippen LogP contribution in [0, 0.1) is 0 Å². The van der Waals surface area contributed by atoms with Crippen molar-refractivity contribution >= 4 is 6.09 Å². The highest BCUT2D eigenvalue weighted by Crippen LogP contribution is 2.13. The molecule has 1 N–H and O–H groups in total. The average Bonchev–Trinajstić information content (AvgIpc) is 2.61. The second kappa shape index (κ2) is 12.8. The highest BCUT2D eigenvalue weighted by molar-refractivity contribution is 5.67. The van der Waals surface area contributed by atoms with E-state index in [9.17, 15) is 4.79 Å². The standard InChI is InChI=1S/C19H31NO4/c1-4-6-7-11-14-17(23-5-2)18(22-3)20-19(21)24-15-16-12-9-8-10-13-16/h8-10,12-13,17-18H,4-7,11,14-15H2,1-3H3,(H,20,21)/t17-,18-/m1/s1. The molecule has 2 atom stereocenters. The minimum absolute atomic E-state index is 0.166. The van der Waals surface area contributed by atoms with Crippen LogP contribution < -0.4 is 5.32 Å². The van der Waals surface area contributed by atoms with Gasteiger partial charge in [-0.05, 0) is 18.9 Å². The number of hydrogen-bond acceptors (Lipinski definition) is 4. The Kier molecular flexibility index (Phi) is 10.9. The van der Waals surface area contributed by atoms with Gasteiger partial charge in [-0.3, -0.25) is 5.32 Å². The monoisotopic (exact) mass is 337 g/mol. The van der Waals surface area contributed by atoms with Crippen LogP contribution in [0.1, 0.15) is 51.5 Å². The van der Waals surface area contributed by atoms with Crippen molar-refractivity contribution in [1.29, 1.82) is 0 Å². The van der Waals surface area contributed by atoms with Gasteiger partial charge in [-0.25, -0.2) is 4.79 Å². The molecule has 0 saturated carbocycles. The molecule has 1 aromatic rings. The first-order valence-electron chi connectivity index (χ1n) is 8.82. The third-order valence-corrected chi connectivity index (χ3v) is 3.79. The van der Waals surface area contributed by atoms with Crippen molar-refractivity contribution in [1.82, 2.24) is 5.32 Å². The number of ether oxygens (including phenoxy) is 3. The van der Waals surface area contributed by atoms with Gasteiger partial charge >= 0.3 is 6.09 Å². The van der Waals surface area contributed by atoms with Crippen LogP contribution in [0.3, 0.4) is 0 Å². The minimum atomic E-state index is -0.505. The van der Waals surface area contributed by atoms with E-state index in [2.05, 4.69) is 12.2 Å². The van der Waals surface area contributed by atoms with Gasteiger partial charge in [0.2, 0.25) is 0 Å². The van der Waals surface area contributed by atoms with Crippen molar-refractivity contribution in [3.05, 3.63) is 35.9 Å². The SMILES string of the molecule is CCCCCC[C@@H](OCC)[C@H](NC(=O)OCc1ccccc1)OC. The Morgan fingerprint density at radius 3 is 2.50 bits per heavy atom. The molecule has 0 aliphatic carbocycles. The first-order chi connectivity index (χ1) is 11.7. The molecule has 24 heavy (non-hydrogen) atoms. The summed E-state index contributed by atoms with van der Waals surface area (Å²) in [7, 11) is 1.57. The molecule has 0 radical (unpaired) electrons. The van der Waals surface area contributed by atoms with E-state index >= 15 is 0 Å². The summed E-state index contributed by atoms with van der Waals surface area (Å²) >= 11 is 0. The van der Waals surface area contributed by atoms with Crippen LogP contribution in [0.15, 0.2) is 30.3 Å². The van der Waals surface area contributed by atoms with Crippen molar-refractivity contribution in [2.75, 3.05) is 13.7 Å². The van der Waals surface area contributed by atoms with Crippen LogP contribution in [0.2, 0.25) is 0 Å². The van der Waals surface area contributed by atoms with Crippen molar-refractivity contribution in [3.8, 4) is 0 Å². The molecule has 136 valence electrons. The third-order valence-electron chi connectivity index (χ3n) is 3.79. The minimum Gasteiger partial charge on any atom is -0.445 e. The molecular formula is C19H31NO4. The molecule has 1 rings (SSSR count). The molecule has 0 spiro atoms. The number of alkyl carbamates (subject to hydrolysis) is 1. The van der Waals surface area contributed by atoms with Crippen molar-refractivity contribution in [2.45, 2.75) is 64.9 Å². The lowest BCUT2D eigenvalue weighted by Crippen LogP contribution is -2.46. The lowest BCUT2D eigenvalue weighted by molar-refractivity contribution is -0.0701. The Balaban J connectivity index is 2.44. The number of unbranched alkanes of at least 4 members (excludes halogenated alkanes) is 3. The normalized spacial score (nSPS) is 13.3. The third kappa shape index (κ3) is 8.31. The van der Waals surface area contributed by atoms with E-state index in [0.29, 0.717) is 6.61 Å². The summed E-state index contributed by atoms with van der Waals surface area (Å²) in [6.07, 6.45) is 4.31. The molecule has 1 amide bonds. The number of amides is 1. The molecule has 5 heteroatoms. The largest absolute Gasteiger partial charge is 0.445 e. The van der Waals surface area contributed by atoms with Crippen LogP contribution in [0.5, 0.6) is 0 Å². The van der Waals surface area contributed by atoms with E-state index in [0.717, 1.165) is 24.8 Å². The Labute approximate surface area is 145 Å². The van der Waals surface area contributed by atoms with Crippen LogP contribution in [0.4, 0.5) is 4.79 Å². The molecule has 0 unspecified atom stereocenters. The Morgan fingerprint density at radius 2 is 1.88 bits per heavy atom. The second-order valence-corrected chi connectivity index (χ2v) is 5.71. The van der Waals surface area contributed by atoms with Gasteiger partial charge in [0.05, 0.1) is 0 Å². The number of methoxy groups -OCH3 is 1. The molecule has 1 aromatic carbocycles. The number of carbonyl (C=O) groups excluding carboxylic acids is 1. The average molecular weight is 337 g/mol. The zero-order valence-electron chi connectivity index (χ0n) is 15.1.